The molecule has 0 aromatic heterocycles. The van der Waals surface area contributed by atoms with Gasteiger partial charge in [-0.15, -0.1) is 0 Å². The van der Waals surface area contributed by atoms with Gasteiger partial charge in [0.1, 0.15) is 13.6 Å². The van der Waals surface area contributed by atoms with E-state index >= 15 is 0 Å². The summed E-state index contributed by atoms with van der Waals surface area (Å²) in [6.07, 6.45) is 2.71. The van der Waals surface area contributed by atoms with Crippen molar-refractivity contribution in [1.29, 1.82) is 2.67 Å². The van der Waals surface area contributed by atoms with Gasteiger partial charge in [0.15, 0.2) is 0 Å². The summed E-state index contributed by atoms with van der Waals surface area (Å²) >= 11 is 1.18. The SMILES string of the molecule is [2H]B([3H])CSOC[C@@H]1C[C@H](C(C)=O)C[C@H]1C(N)CC(C)C. The third-order valence-corrected chi connectivity index (χ3v) is 4.49. The molecule has 0 bridgehead atoms. The molecule has 0 spiro atoms. The third-order valence-electron chi connectivity index (χ3n) is 4.05. The molecule has 5 heteroatoms. The second-order valence-electron chi connectivity index (χ2n) is 6.07. The molecule has 2 N–H and O–H groups in total. The number of rotatable bonds is 9. The van der Waals surface area contributed by atoms with E-state index < -0.39 is 7.77 Å². The van der Waals surface area contributed by atoms with Crippen molar-refractivity contribution < 1.29 is 8.98 Å². The standard InChI is InChI=1S/C14H28BNO2S/c1-9(2)4-14(16)13-6-11(10(3)17)5-12(13)7-18-19-8-15/h9,11-14H,4-8,15-16H2,1-3H3/t11-,12-,13+,14?/m0/s1/i15TD. The maximum absolute atomic E-state index is 11.7. The molecule has 0 aromatic rings. The predicted octanol–water partition coefficient (Wildman–Crippen LogP) is 1.85. The lowest BCUT2D eigenvalue weighted by molar-refractivity contribution is -0.120. The second kappa shape index (κ2) is 8.33. The van der Waals surface area contributed by atoms with Crippen LogP contribution in [0.15, 0.2) is 0 Å². The number of hydrogen-bond acceptors (Lipinski definition) is 4. The summed E-state index contributed by atoms with van der Waals surface area (Å²) in [5, 5.41) is 0. The zero-order valence-electron chi connectivity index (χ0n) is 14.3. The molecule has 1 fully saturated rings. The van der Waals surface area contributed by atoms with Crippen molar-refractivity contribution >= 4 is 25.6 Å². The molecule has 1 rings (SSSR count). The molecule has 0 aromatic carbocycles. The van der Waals surface area contributed by atoms with Crippen LogP contribution in [0.3, 0.4) is 0 Å². The third kappa shape index (κ3) is 5.48. The topological polar surface area (TPSA) is 52.3 Å². The number of Topliss-reactive ketones (excluding diaryl/α,β-unsaturated/α-hetero) is 1. The number of hydrogen-bond donors (Lipinski definition) is 1. The molecule has 3 nitrogen and oxygen atoms in total. The highest BCUT2D eigenvalue weighted by Crippen LogP contribution is 2.40. The van der Waals surface area contributed by atoms with Crippen molar-refractivity contribution in [3.63, 3.8) is 0 Å². The van der Waals surface area contributed by atoms with Crippen LogP contribution in [0.25, 0.3) is 0 Å². The fourth-order valence-electron chi connectivity index (χ4n) is 3.11. The molecule has 0 radical (unpaired) electrons. The van der Waals surface area contributed by atoms with Crippen LogP contribution >= 0.6 is 12.0 Å². The monoisotopic (exact) mass is 288 g/mol. The highest BCUT2D eigenvalue weighted by atomic mass is 32.2. The zero-order valence-corrected chi connectivity index (χ0v) is 13.1. The van der Waals surface area contributed by atoms with Crippen LogP contribution < -0.4 is 5.73 Å². The molecule has 19 heavy (non-hydrogen) atoms. The summed E-state index contributed by atoms with van der Waals surface area (Å²) in [5.41, 5.74) is 6.70. The fourth-order valence-corrected chi connectivity index (χ4v) is 3.48. The summed E-state index contributed by atoms with van der Waals surface area (Å²) in [6.45, 7) is 6.57. The highest BCUT2D eigenvalue weighted by Gasteiger charge is 2.39. The molecular weight excluding hydrogens is 257 g/mol. The molecule has 0 amide bonds. The van der Waals surface area contributed by atoms with Gasteiger partial charge in [0.2, 0.25) is 0 Å². The first-order valence-corrected chi connectivity index (χ1v) is 8.07. The molecule has 4 atom stereocenters. The molecule has 0 aliphatic heterocycles. The summed E-state index contributed by atoms with van der Waals surface area (Å²) < 4.78 is 19.8. The van der Waals surface area contributed by atoms with E-state index in [9.17, 15) is 4.79 Å². The van der Waals surface area contributed by atoms with Crippen LogP contribution in [-0.2, 0) is 8.98 Å². The van der Waals surface area contributed by atoms with Crippen molar-refractivity contribution in [2.75, 3.05) is 12.3 Å². The quantitative estimate of drug-likeness (QED) is 0.400. The minimum absolute atomic E-state index is 0.118. The Morgan fingerprint density at radius 3 is 3.00 bits per heavy atom. The van der Waals surface area contributed by atoms with E-state index in [1.54, 1.807) is 6.92 Å². The predicted molar refractivity (Wildman–Crippen MR) is 84.8 cm³/mol. The second-order valence-corrected chi connectivity index (χ2v) is 6.87. The Balaban J connectivity index is 2.52. The van der Waals surface area contributed by atoms with Crippen molar-refractivity contribution in [2.24, 2.45) is 29.4 Å². The van der Waals surface area contributed by atoms with Crippen molar-refractivity contribution in [3.05, 3.63) is 0 Å². The lowest BCUT2D eigenvalue weighted by Crippen LogP contribution is -2.35. The van der Waals surface area contributed by atoms with Crippen LogP contribution in [0.2, 0.25) is 0 Å². The molecule has 1 unspecified atom stereocenters. The van der Waals surface area contributed by atoms with E-state index in [-0.39, 0.29) is 17.7 Å². The Bertz CT molecular complexity index is 334. The molecule has 1 saturated carbocycles. The minimum Gasteiger partial charge on any atom is -0.327 e. The molecule has 110 valence electrons. The number of ketones is 1. The van der Waals surface area contributed by atoms with Crippen LogP contribution in [0.5, 0.6) is 0 Å². The summed E-state index contributed by atoms with van der Waals surface area (Å²) in [4.78, 5) is 11.7. The van der Waals surface area contributed by atoms with Crippen LogP contribution in [0.1, 0.15) is 40.0 Å². The minimum atomic E-state index is -0.859. The normalized spacial score (nSPS) is 30.1. The van der Waals surface area contributed by atoms with E-state index in [0.29, 0.717) is 30.0 Å². The van der Waals surface area contributed by atoms with Gasteiger partial charge >= 0.3 is 0 Å². The van der Waals surface area contributed by atoms with Crippen molar-refractivity contribution in [2.45, 2.75) is 46.1 Å². The van der Waals surface area contributed by atoms with Gasteiger partial charge in [0, 0.05) is 12.0 Å². The van der Waals surface area contributed by atoms with Gasteiger partial charge in [-0.05, 0) is 64.3 Å². The fraction of sp³-hybridized carbons (Fsp3) is 0.929. The number of carbonyl (C=O) groups is 1. The molecule has 1 aliphatic carbocycles. The Labute approximate surface area is 125 Å². The average molecular weight is 288 g/mol. The maximum atomic E-state index is 11.7. The Morgan fingerprint density at radius 2 is 2.42 bits per heavy atom. The molecule has 0 heterocycles. The van der Waals surface area contributed by atoms with E-state index in [4.69, 9.17) is 12.6 Å². The lowest BCUT2D eigenvalue weighted by Gasteiger charge is -2.26. The molecule has 0 saturated heterocycles. The highest BCUT2D eigenvalue weighted by molar-refractivity contribution is 7.95. The zero-order chi connectivity index (χ0) is 16.0. The first-order valence-electron chi connectivity index (χ1n) is 8.31. The van der Waals surface area contributed by atoms with E-state index in [2.05, 4.69) is 13.8 Å². The van der Waals surface area contributed by atoms with Crippen molar-refractivity contribution in [1.82, 2.24) is 0 Å². The average Bonchev–Trinajstić information content (AvgIpc) is 2.78. The van der Waals surface area contributed by atoms with E-state index in [1.807, 2.05) is 0 Å². The number of carbonyl (C=O) groups excluding carboxylic acids is 1. The maximum Gasteiger partial charge on any atom is 0.132 e. The van der Waals surface area contributed by atoms with Crippen LogP contribution in [0.4, 0.5) is 0 Å². The van der Waals surface area contributed by atoms with Gasteiger partial charge in [0.05, 0.1) is 6.61 Å². The van der Waals surface area contributed by atoms with Gasteiger partial charge in [0.25, 0.3) is 0 Å². The van der Waals surface area contributed by atoms with E-state index in [0.717, 1.165) is 19.3 Å². The Morgan fingerprint density at radius 1 is 1.68 bits per heavy atom. The van der Waals surface area contributed by atoms with E-state index in [1.165, 1.54) is 12.0 Å². The first-order chi connectivity index (χ1) is 9.81. The van der Waals surface area contributed by atoms with Crippen LogP contribution in [-0.4, -0.2) is 34.5 Å². The Hall–Kier alpha value is 0.00494. The van der Waals surface area contributed by atoms with Gasteiger partial charge in [-0.3, -0.25) is 4.79 Å². The van der Waals surface area contributed by atoms with Crippen LogP contribution in [0, 0.1) is 23.7 Å². The smallest absolute Gasteiger partial charge is 0.132 e. The van der Waals surface area contributed by atoms with Gasteiger partial charge in [-0.25, -0.2) is 0 Å². The Kier molecular flexibility index (Phi) is 6.12. The lowest BCUT2D eigenvalue weighted by atomic mass is 9.85. The number of nitrogens with two attached hydrogens (primary N) is 1. The van der Waals surface area contributed by atoms with Gasteiger partial charge < -0.3 is 9.92 Å². The summed E-state index contributed by atoms with van der Waals surface area (Å²) in [7, 11) is -0.859. The summed E-state index contributed by atoms with van der Waals surface area (Å²) in [6, 6.07) is 0.119. The summed E-state index contributed by atoms with van der Waals surface area (Å²) in [5.74, 6) is 1.58. The van der Waals surface area contributed by atoms with Crippen molar-refractivity contribution in [3.8, 4) is 0 Å². The van der Waals surface area contributed by atoms with Gasteiger partial charge in [-0.1, -0.05) is 13.8 Å². The molecular formula is C14H28BNO2S. The first kappa shape index (κ1) is 14.0. The largest absolute Gasteiger partial charge is 0.327 e. The molecule has 1 aliphatic rings. The van der Waals surface area contributed by atoms with Gasteiger partial charge in [-0.2, -0.15) is 0 Å².